The Labute approximate surface area is 164 Å². The molecule has 1 aromatic heterocycles. The van der Waals surface area contributed by atoms with Crippen LogP contribution < -0.4 is 10.6 Å². The second kappa shape index (κ2) is 8.69. The molecule has 1 heterocycles. The zero-order valence-electron chi connectivity index (χ0n) is 15.7. The van der Waals surface area contributed by atoms with Crippen molar-refractivity contribution in [1.29, 1.82) is 0 Å². The van der Waals surface area contributed by atoms with Gasteiger partial charge in [-0.05, 0) is 42.9 Å². The number of urea groups is 1. The van der Waals surface area contributed by atoms with Gasteiger partial charge in [-0.1, -0.05) is 53.7 Å². The van der Waals surface area contributed by atoms with E-state index in [9.17, 15) is 4.79 Å². The van der Waals surface area contributed by atoms with Crippen LogP contribution in [0.15, 0.2) is 59.1 Å². The first kappa shape index (κ1) is 18.2. The fourth-order valence-electron chi connectivity index (χ4n) is 3.11. The summed E-state index contributed by atoms with van der Waals surface area (Å²) in [6.07, 6.45) is 4.62. The summed E-state index contributed by atoms with van der Waals surface area (Å²) in [6.45, 7) is 0.622. The maximum Gasteiger partial charge on any atom is 0.319 e. The quantitative estimate of drug-likeness (QED) is 0.575. The topological polar surface area (TPSA) is 80.0 Å². The molecule has 1 fully saturated rings. The minimum atomic E-state index is -0.204. The molecular weight excluding hydrogens is 352 g/mol. The van der Waals surface area contributed by atoms with Gasteiger partial charge in [0, 0.05) is 18.2 Å². The van der Waals surface area contributed by atoms with Gasteiger partial charge in [0.2, 0.25) is 5.89 Å². The minimum absolute atomic E-state index is 0.204. The highest BCUT2D eigenvalue weighted by molar-refractivity contribution is 5.90. The van der Waals surface area contributed by atoms with E-state index in [1.165, 1.54) is 5.56 Å². The first-order chi connectivity index (χ1) is 13.8. The SMILES string of the molecule is O=C(NCCCc1ccccc1)Nc1ccccc1Cc1nc(C2CC2)no1. The predicted octanol–water partition coefficient (Wildman–Crippen LogP) is 4.29. The van der Waals surface area contributed by atoms with E-state index in [-0.39, 0.29) is 6.03 Å². The third-order valence-corrected chi connectivity index (χ3v) is 4.80. The number of nitrogens with one attached hydrogen (secondary N) is 2. The fourth-order valence-corrected chi connectivity index (χ4v) is 3.11. The van der Waals surface area contributed by atoms with Gasteiger partial charge in [-0.3, -0.25) is 0 Å². The van der Waals surface area contributed by atoms with Crippen molar-refractivity contribution in [3.63, 3.8) is 0 Å². The molecule has 0 aliphatic heterocycles. The largest absolute Gasteiger partial charge is 0.339 e. The molecule has 1 aliphatic rings. The molecule has 6 heteroatoms. The van der Waals surface area contributed by atoms with Crippen molar-refractivity contribution in [1.82, 2.24) is 15.5 Å². The number of aromatic nitrogens is 2. The summed E-state index contributed by atoms with van der Waals surface area (Å²) in [5, 5.41) is 9.90. The highest BCUT2D eigenvalue weighted by Gasteiger charge is 2.28. The van der Waals surface area contributed by atoms with Crippen LogP contribution >= 0.6 is 0 Å². The van der Waals surface area contributed by atoms with Crippen LogP contribution in [0.25, 0.3) is 0 Å². The van der Waals surface area contributed by atoms with Gasteiger partial charge in [0.25, 0.3) is 0 Å². The molecule has 0 bridgehead atoms. The maximum atomic E-state index is 12.3. The normalized spacial score (nSPS) is 13.3. The van der Waals surface area contributed by atoms with Crippen molar-refractivity contribution >= 4 is 11.7 Å². The van der Waals surface area contributed by atoms with E-state index in [2.05, 4.69) is 32.9 Å². The molecule has 2 N–H and O–H groups in total. The summed E-state index contributed by atoms with van der Waals surface area (Å²) in [5.41, 5.74) is 2.99. The lowest BCUT2D eigenvalue weighted by Gasteiger charge is -2.11. The molecule has 0 saturated heterocycles. The van der Waals surface area contributed by atoms with Crippen molar-refractivity contribution in [2.45, 2.75) is 38.0 Å². The standard InChI is InChI=1S/C22H24N4O2/c27-22(23-14-6-9-16-7-2-1-3-8-16)24-19-11-5-4-10-18(19)15-20-25-21(26-28-20)17-12-13-17/h1-5,7-8,10-11,17H,6,9,12-15H2,(H2,23,24,27). The molecule has 1 saturated carbocycles. The monoisotopic (exact) mass is 376 g/mol. The third-order valence-electron chi connectivity index (χ3n) is 4.80. The lowest BCUT2D eigenvalue weighted by atomic mass is 10.1. The Balaban J connectivity index is 1.28. The van der Waals surface area contributed by atoms with Crippen LogP contribution in [-0.4, -0.2) is 22.7 Å². The summed E-state index contributed by atoms with van der Waals surface area (Å²) in [5.74, 6) is 1.85. The van der Waals surface area contributed by atoms with E-state index < -0.39 is 0 Å². The predicted molar refractivity (Wildman–Crippen MR) is 107 cm³/mol. The van der Waals surface area contributed by atoms with Gasteiger partial charge < -0.3 is 15.2 Å². The zero-order valence-corrected chi connectivity index (χ0v) is 15.7. The molecule has 0 radical (unpaired) electrons. The molecule has 4 rings (SSSR count). The molecule has 0 atom stereocenters. The van der Waals surface area contributed by atoms with Crippen molar-refractivity contribution in [2.75, 3.05) is 11.9 Å². The number of para-hydroxylation sites is 1. The van der Waals surface area contributed by atoms with Crippen LogP contribution in [0.3, 0.4) is 0 Å². The molecule has 6 nitrogen and oxygen atoms in total. The minimum Gasteiger partial charge on any atom is -0.339 e. The summed E-state index contributed by atoms with van der Waals surface area (Å²) in [6, 6.07) is 17.8. The molecule has 0 unspecified atom stereocenters. The van der Waals surface area contributed by atoms with E-state index in [4.69, 9.17) is 4.52 Å². The summed E-state index contributed by atoms with van der Waals surface area (Å²) < 4.78 is 5.36. The first-order valence-electron chi connectivity index (χ1n) is 9.77. The average Bonchev–Trinajstić information content (AvgIpc) is 3.47. The molecule has 2 aromatic carbocycles. The Hall–Kier alpha value is -3.15. The van der Waals surface area contributed by atoms with Crippen molar-refractivity contribution in [2.24, 2.45) is 0 Å². The number of hydrogen-bond donors (Lipinski definition) is 2. The Morgan fingerprint density at radius 1 is 1.07 bits per heavy atom. The van der Waals surface area contributed by atoms with Crippen LogP contribution in [-0.2, 0) is 12.8 Å². The van der Waals surface area contributed by atoms with Crippen LogP contribution in [0.2, 0.25) is 0 Å². The van der Waals surface area contributed by atoms with E-state index in [0.717, 1.165) is 42.8 Å². The van der Waals surface area contributed by atoms with Gasteiger partial charge in [0.1, 0.15) is 0 Å². The Kier molecular flexibility index (Phi) is 5.66. The molecule has 28 heavy (non-hydrogen) atoms. The average molecular weight is 376 g/mol. The van der Waals surface area contributed by atoms with Crippen molar-refractivity contribution in [3.05, 3.63) is 77.4 Å². The van der Waals surface area contributed by atoms with Crippen LogP contribution in [0.1, 0.15) is 48.0 Å². The molecule has 144 valence electrons. The van der Waals surface area contributed by atoms with Crippen LogP contribution in [0.4, 0.5) is 10.5 Å². The van der Waals surface area contributed by atoms with Gasteiger partial charge in [0.15, 0.2) is 5.82 Å². The summed E-state index contributed by atoms with van der Waals surface area (Å²) in [4.78, 5) is 16.7. The molecule has 2 amide bonds. The second-order valence-electron chi connectivity index (χ2n) is 7.12. The molecule has 0 spiro atoms. The molecular formula is C22H24N4O2. The fraction of sp³-hybridized carbons (Fsp3) is 0.318. The number of carbonyl (C=O) groups excluding carboxylic acids is 1. The number of nitrogens with zero attached hydrogens (tertiary/aromatic N) is 2. The van der Waals surface area contributed by atoms with E-state index >= 15 is 0 Å². The summed E-state index contributed by atoms with van der Waals surface area (Å²) >= 11 is 0. The van der Waals surface area contributed by atoms with Crippen molar-refractivity contribution < 1.29 is 9.32 Å². The van der Waals surface area contributed by atoms with Gasteiger partial charge in [-0.25, -0.2) is 4.79 Å². The van der Waals surface area contributed by atoms with E-state index in [0.29, 0.717) is 24.8 Å². The number of aryl methyl sites for hydroxylation is 1. The Morgan fingerprint density at radius 3 is 2.68 bits per heavy atom. The Morgan fingerprint density at radius 2 is 1.86 bits per heavy atom. The Bertz CT molecular complexity index is 919. The highest BCUT2D eigenvalue weighted by atomic mass is 16.5. The number of rotatable bonds is 8. The molecule has 1 aliphatic carbocycles. The number of carbonyl (C=O) groups is 1. The summed E-state index contributed by atoms with van der Waals surface area (Å²) in [7, 11) is 0. The van der Waals surface area contributed by atoms with Gasteiger partial charge in [-0.2, -0.15) is 4.98 Å². The second-order valence-corrected chi connectivity index (χ2v) is 7.12. The van der Waals surface area contributed by atoms with E-state index in [1.54, 1.807) is 0 Å². The van der Waals surface area contributed by atoms with Crippen LogP contribution in [0, 0.1) is 0 Å². The zero-order chi connectivity index (χ0) is 19.2. The third kappa shape index (κ3) is 4.97. The first-order valence-corrected chi connectivity index (χ1v) is 9.77. The number of amides is 2. The lowest BCUT2D eigenvalue weighted by Crippen LogP contribution is -2.30. The molecule has 3 aromatic rings. The van der Waals surface area contributed by atoms with Crippen molar-refractivity contribution in [3.8, 4) is 0 Å². The van der Waals surface area contributed by atoms with Gasteiger partial charge >= 0.3 is 6.03 Å². The van der Waals surface area contributed by atoms with Crippen LogP contribution in [0.5, 0.6) is 0 Å². The highest BCUT2D eigenvalue weighted by Crippen LogP contribution is 2.38. The smallest absolute Gasteiger partial charge is 0.319 e. The van der Waals surface area contributed by atoms with E-state index in [1.807, 2.05) is 42.5 Å². The van der Waals surface area contributed by atoms with Gasteiger partial charge in [-0.15, -0.1) is 0 Å². The van der Waals surface area contributed by atoms with Gasteiger partial charge in [0.05, 0.1) is 6.42 Å². The maximum absolute atomic E-state index is 12.3. The lowest BCUT2D eigenvalue weighted by molar-refractivity contribution is 0.252. The number of benzene rings is 2. The number of anilines is 1. The number of hydrogen-bond acceptors (Lipinski definition) is 4.